The first-order valence-electron chi connectivity index (χ1n) is 8.74. The normalized spacial score (nSPS) is 16.0. The Labute approximate surface area is 154 Å². The molecule has 0 spiro atoms. The van der Waals surface area contributed by atoms with E-state index in [1.54, 1.807) is 24.3 Å². The standard InChI is InChI=1S/C17H27N3O5S/c1-2-19(7-10-21)14-17(22)18-13-15-3-5-16(6-4-15)26(23,24)20-8-11-25-12-9-20/h3-6,21H,2,7-14H2,1H3,(H,18,22). The molecule has 26 heavy (non-hydrogen) atoms. The number of carbonyl (C=O) groups is 1. The van der Waals surface area contributed by atoms with E-state index < -0.39 is 10.0 Å². The molecule has 1 aliphatic rings. The molecule has 2 N–H and O–H groups in total. The number of likely N-dealkylation sites (N-methyl/N-ethyl adjacent to an activating group) is 1. The number of hydrogen-bond donors (Lipinski definition) is 2. The Hall–Kier alpha value is -1.52. The second-order valence-corrected chi connectivity index (χ2v) is 7.97. The average Bonchev–Trinajstić information content (AvgIpc) is 2.67. The highest BCUT2D eigenvalue weighted by molar-refractivity contribution is 7.89. The fourth-order valence-corrected chi connectivity index (χ4v) is 4.07. The minimum atomic E-state index is -3.50. The predicted molar refractivity (Wildman–Crippen MR) is 97.1 cm³/mol. The molecule has 0 aromatic heterocycles. The Bertz CT molecular complexity index is 672. The summed E-state index contributed by atoms with van der Waals surface area (Å²) in [5.41, 5.74) is 0.824. The second kappa shape index (κ2) is 9.98. The second-order valence-electron chi connectivity index (χ2n) is 6.03. The Morgan fingerprint density at radius 3 is 2.50 bits per heavy atom. The highest BCUT2D eigenvalue weighted by Gasteiger charge is 2.26. The van der Waals surface area contributed by atoms with Gasteiger partial charge in [-0.1, -0.05) is 19.1 Å². The zero-order valence-electron chi connectivity index (χ0n) is 15.1. The Morgan fingerprint density at radius 2 is 1.92 bits per heavy atom. The molecule has 0 radical (unpaired) electrons. The fraction of sp³-hybridized carbons (Fsp3) is 0.588. The topological polar surface area (TPSA) is 99.2 Å². The van der Waals surface area contributed by atoms with Gasteiger partial charge in [-0.2, -0.15) is 4.31 Å². The van der Waals surface area contributed by atoms with E-state index in [9.17, 15) is 13.2 Å². The van der Waals surface area contributed by atoms with E-state index in [0.29, 0.717) is 45.9 Å². The van der Waals surface area contributed by atoms with Crippen LogP contribution in [-0.2, 0) is 26.1 Å². The predicted octanol–water partition coefficient (Wildman–Crippen LogP) is -0.362. The molecule has 1 saturated heterocycles. The molecule has 1 fully saturated rings. The molecule has 8 nitrogen and oxygen atoms in total. The summed E-state index contributed by atoms with van der Waals surface area (Å²) in [7, 11) is -3.50. The number of benzene rings is 1. The number of ether oxygens (including phenoxy) is 1. The zero-order chi connectivity index (χ0) is 19.0. The van der Waals surface area contributed by atoms with Crippen LogP contribution in [0.4, 0.5) is 0 Å². The van der Waals surface area contributed by atoms with Gasteiger partial charge in [0.1, 0.15) is 0 Å². The Morgan fingerprint density at radius 1 is 1.27 bits per heavy atom. The van der Waals surface area contributed by atoms with Crippen LogP contribution in [0.25, 0.3) is 0 Å². The zero-order valence-corrected chi connectivity index (χ0v) is 15.9. The number of rotatable bonds is 9. The van der Waals surface area contributed by atoms with Crippen LogP contribution >= 0.6 is 0 Å². The smallest absolute Gasteiger partial charge is 0.243 e. The molecule has 0 unspecified atom stereocenters. The van der Waals surface area contributed by atoms with Crippen LogP contribution in [0.1, 0.15) is 12.5 Å². The molecule has 9 heteroatoms. The quantitative estimate of drug-likeness (QED) is 0.602. The maximum atomic E-state index is 12.6. The van der Waals surface area contributed by atoms with Gasteiger partial charge in [0.05, 0.1) is 31.3 Å². The van der Waals surface area contributed by atoms with E-state index in [0.717, 1.165) is 5.56 Å². The number of aliphatic hydroxyl groups is 1. The number of carbonyl (C=O) groups excluding carboxylic acids is 1. The first-order valence-corrected chi connectivity index (χ1v) is 10.2. The van der Waals surface area contributed by atoms with Crippen molar-refractivity contribution in [2.24, 2.45) is 0 Å². The molecule has 1 amide bonds. The number of nitrogens with zero attached hydrogens (tertiary/aromatic N) is 2. The molecule has 1 aromatic carbocycles. The van der Waals surface area contributed by atoms with Gasteiger partial charge in [0.2, 0.25) is 15.9 Å². The number of hydrogen-bond acceptors (Lipinski definition) is 6. The summed E-state index contributed by atoms with van der Waals surface area (Å²) in [4.78, 5) is 14.0. The summed E-state index contributed by atoms with van der Waals surface area (Å²) in [6.07, 6.45) is 0. The van der Waals surface area contributed by atoms with Gasteiger partial charge >= 0.3 is 0 Å². The summed E-state index contributed by atoms with van der Waals surface area (Å²) < 4.78 is 31.7. The lowest BCUT2D eigenvalue weighted by molar-refractivity contribution is -0.122. The summed E-state index contributed by atoms with van der Waals surface area (Å²) in [5, 5.41) is 11.7. The van der Waals surface area contributed by atoms with Crippen molar-refractivity contribution in [3.8, 4) is 0 Å². The highest BCUT2D eigenvalue weighted by atomic mass is 32.2. The summed E-state index contributed by atoms with van der Waals surface area (Å²) in [6, 6.07) is 6.55. The van der Waals surface area contributed by atoms with Crippen molar-refractivity contribution in [2.75, 3.05) is 52.5 Å². The first kappa shape index (κ1) is 20.8. The van der Waals surface area contributed by atoms with Crippen LogP contribution in [0, 0.1) is 0 Å². The molecule has 1 aliphatic heterocycles. The molecule has 1 heterocycles. The lowest BCUT2D eigenvalue weighted by Gasteiger charge is -2.26. The van der Waals surface area contributed by atoms with E-state index in [1.807, 2.05) is 11.8 Å². The molecular formula is C17H27N3O5S. The average molecular weight is 385 g/mol. The van der Waals surface area contributed by atoms with Gasteiger partial charge < -0.3 is 15.2 Å². The minimum Gasteiger partial charge on any atom is -0.395 e. The minimum absolute atomic E-state index is 0.0141. The lowest BCUT2D eigenvalue weighted by atomic mass is 10.2. The van der Waals surface area contributed by atoms with E-state index in [4.69, 9.17) is 9.84 Å². The van der Waals surface area contributed by atoms with Crippen LogP contribution in [0.5, 0.6) is 0 Å². The van der Waals surface area contributed by atoms with E-state index in [1.165, 1.54) is 4.31 Å². The fourth-order valence-electron chi connectivity index (χ4n) is 2.67. The van der Waals surface area contributed by atoms with Gasteiger partial charge in [0.15, 0.2) is 0 Å². The van der Waals surface area contributed by atoms with Gasteiger partial charge in [-0.05, 0) is 24.2 Å². The van der Waals surface area contributed by atoms with Gasteiger partial charge in [-0.15, -0.1) is 0 Å². The van der Waals surface area contributed by atoms with Crippen LogP contribution in [0.15, 0.2) is 29.2 Å². The van der Waals surface area contributed by atoms with Gasteiger partial charge in [-0.25, -0.2) is 8.42 Å². The largest absolute Gasteiger partial charge is 0.395 e. The summed E-state index contributed by atoms with van der Waals surface area (Å²) in [6.45, 7) is 5.18. The molecule has 0 saturated carbocycles. The lowest BCUT2D eigenvalue weighted by Crippen LogP contribution is -2.40. The number of sulfonamides is 1. The molecule has 0 atom stereocenters. The molecule has 2 rings (SSSR count). The Kier molecular flexibility index (Phi) is 7.98. The maximum absolute atomic E-state index is 12.6. The SMILES string of the molecule is CCN(CCO)CC(=O)NCc1ccc(S(=O)(=O)N2CCOCC2)cc1. The number of nitrogens with one attached hydrogen (secondary N) is 1. The third-order valence-electron chi connectivity index (χ3n) is 4.25. The number of aliphatic hydroxyl groups excluding tert-OH is 1. The van der Waals surface area contributed by atoms with Gasteiger partial charge in [-0.3, -0.25) is 9.69 Å². The summed E-state index contributed by atoms with van der Waals surface area (Å²) >= 11 is 0. The van der Waals surface area contributed by atoms with Crippen molar-refractivity contribution < 1.29 is 23.1 Å². The van der Waals surface area contributed by atoms with Crippen molar-refractivity contribution in [2.45, 2.75) is 18.4 Å². The van der Waals surface area contributed by atoms with E-state index in [-0.39, 0.29) is 24.0 Å². The van der Waals surface area contributed by atoms with Crippen molar-refractivity contribution in [1.82, 2.24) is 14.5 Å². The van der Waals surface area contributed by atoms with Crippen LogP contribution in [-0.4, -0.2) is 81.2 Å². The highest BCUT2D eigenvalue weighted by Crippen LogP contribution is 2.17. The molecular weight excluding hydrogens is 358 g/mol. The molecule has 0 aliphatic carbocycles. The van der Waals surface area contributed by atoms with Crippen molar-refractivity contribution in [3.05, 3.63) is 29.8 Å². The number of amides is 1. The van der Waals surface area contributed by atoms with Crippen molar-refractivity contribution in [3.63, 3.8) is 0 Å². The van der Waals surface area contributed by atoms with Crippen molar-refractivity contribution in [1.29, 1.82) is 0 Å². The third-order valence-corrected chi connectivity index (χ3v) is 6.16. The van der Waals surface area contributed by atoms with E-state index in [2.05, 4.69) is 5.32 Å². The van der Waals surface area contributed by atoms with Crippen LogP contribution in [0.2, 0.25) is 0 Å². The maximum Gasteiger partial charge on any atom is 0.243 e. The van der Waals surface area contributed by atoms with E-state index >= 15 is 0 Å². The molecule has 0 bridgehead atoms. The number of morpholine rings is 1. The van der Waals surface area contributed by atoms with Crippen LogP contribution in [0.3, 0.4) is 0 Å². The first-order chi connectivity index (χ1) is 12.5. The Balaban J connectivity index is 1.90. The van der Waals surface area contributed by atoms with Gasteiger partial charge in [0.25, 0.3) is 0 Å². The third kappa shape index (κ3) is 5.75. The summed E-state index contributed by atoms with van der Waals surface area (Å²) in [5.74, 6) is -0.134. The van der Waals surface area contributed by atoms with Crippen molar-refractivity contribution >= 4 is 15.9 Å². The van der Waals surface area contributed by atoms with Crippen LogP contribution < -0.4 is 5.32 Å². The van der Waals surface area contributed by atoms with Gasteiger partial charge in [0, 0.05) is 26.2 Å². The molecule has 1 aromatic rings. The monoisotopic (exact) mass is 385 g/mol. The molecule has 146 valence electrons.